The van der Waals surface area contributed by atoms with Crippen LogP contribution in [0.2, 0.25) is 0 Å². The summed E-state index contributed by atoms with van der Waals surface area (Å²) in [6.07, 6.45) is 3.10. The Labute approximate surface area is 84.9 Å². The monoisotopic (exact) mass is 244 g/mol. The van der Waals surface area contributed by atoms with Gasteiger partial charge in [-0.3, -0.25) is 4.98 Å². The first-order valence-electron chi connectivity index (χ1n) is 3.58. The maximum atomic E-state index is 11.1. The van der Waals surface area contributed by atoms with E-state index in [9.17, 15) is 4.79 Å². The molecule has 0 fully saturated rings. The maximum absolute atomic E-state index is 11.1. The number of carbonyl (C=O) groups is 1. The molecule has 5 heteroatoms. The smallest absolute Gasteiger partial charge is 0.339 e. The summed E-state index contributed by atoms with van der Waals surface area (Å²) in [5.41, 5.74) is 1.23. The fraction of sp³-hybridized carbons (Fsp3) is 0.250. The fourth-order valence-electron chi connectivity index (χ4n) is 0.826. The van der Waals surface area contributed by atoms with Crippen LogP contribution in [0.15, 0.2) is 18.5 Å². The van der Waals surface area contributed by atoms with E-state index in [-0.39, 0.29) is 5.97 Å². The molecule has 0 saturated heterocycles. The van der Waals surface area contributed by atoms with Gasteiger partial charge >= 0.3 is 5.97 Å². The molecule has 4 nitrogen and oxygen atoms in total. The highest BCUT2D eigenvalue weighted by molar-refractivity contribution is 9.10. The minimum Gasteiger partial charge on any atom is -0.465 e. The van der Waals surface area contributed by atoms with Gasteiger partial charge in [-0.15, -0.1) is 0 Å². The van der Waals surface area contributed by atoms with E-state index in [1.807, 2.05) is 0 Å². The second-order valence-electron chi connectivity index (χ2n) is 2.40. The summed E-state index contributed by atoms with van der Waals surface area (Å²) in [7, 11) is 3.14. The number of aromatic nitrogens is 1. The van der Waals surface area contributed by atoms with Crippen LogP contribution in [0.5, 0.6) is 0 Å². The number of carbonyl (C=O) groups excluding carboxylic acids is 1. The highest BCUT2D eigenvalue weighted by Crippen LogP contribution is 2.15. The Hall–Kier alpha value is -1.10. The van der Waals surface area contributed by atoms with Gasteiger partial charge in [0.15, 0.2) is 0 Å². The van der Waals surface area contributed by atoms with Crippen molar-refractivity contribution in [2.75, 3.05) is 18.1 Å². The van der Waals surface area contributed by atoms with E-state index in [4.69, 9.17) is 0 Å². The number of ether oxygens (including phenoxy) is 1. The van der Waals surface area contributed by atoms with Crippen molar-refractivity contribution >= 4 is 27.8 Å². The quantitative estimate of drug-likeness (QED) is 0.586. The summed E-state index contributed by atoms with van der Waals surface area (Å²) in [5.74, 6) is -0.385. The lowest BCUT2D eigenvalue weighted by atomic mass is 10.3. The predicted octanol–water partition coefficient (Wildman–Crippen LogP) is 1.61. The molecule has 0 spiro atoms. The van der Waals surface area contributed by atoms with Crippen LogP contribution in [-0.4, -0.2) is 25.1 Å². The van der Waals surface area contributed by atoms with Gasteiger partial charge in [0.1, 0.15) is 0 Å². The van der Waals surface area contributed by atoms with Gasteiger partial charge in [0, 0.05) is 29.4 Å². The third kappa shape index (κ3) is 2.42. The Kier molecular flexibility index (Phi) is 3.25. The zero-order valence-corrected chi connectivity index (χ0v) is 8.91. The van der Waals surface area contributed by atoms with Crippen molar-refractivity contribution in [1.82, 2.24) is 4.98 Å². The van der Waals surface area contributed by atoms with E-state index in [1.54, 1.807) is 23.2 Å². The first-order valence-corrected chi connectivity index (χ1v) is 4.29. The molecule has 0 aliphatic carbocycles. The van der Waals surface area contributed by atoms with E-state index in [0.29, 0.717) is 5.56 Å². The number of esters is 1. The SMILES string of the molecule is COC(=O)c1cncc(N(C)Br)c1. The zero-order valence-electron chi connectivity index (χ0n) is 7.32. The van der Waals surface area contributed by atoms with Gasteiger partial charge in [0.25, 0.3) is 0 Å². The maximum Gasteiger partial charge on any atom is 0.339 e. The molecule has 0 saturated carbocycles. The standard InChI is InChI=1S/C8H9BrN2O2/c1-11(9)7-3-6(4-10-5-7)8(12)13-2/h3-5H,1-2H3. The van der Waals surface area contributed by atoms with Crippen molar-refractivity contribution in [3.8, 4) is 0 Å². The fourth-order valence-corrected chi connectivity index (χ4v) is 1.02. The van der Waals surface area contributed by atoms with Crippen molar-refractivity contribution in [2.24, 2.45) is 0 Å². The predicted molar refractivity (Wildman–Crippen MR) is 52.9 cm³/mol. The number of hydrogen-bond acceptors (Lipinski definition) is 4. The summed E-state index contributed by atoms with van der Waals surface area (Å²) in [6.45, 7) is 0. The Balaban J connectivity index is 2.98. The normalized spacial score (nSPS) is 9.46. The molecule has 0 aromatic carbocycles. The van der Waals surface area contributed by atoms with Crippen molar-refractivity contribution < 1.29 is 9.53 Å². The molecule has 0 amide bonds. The van der Waals surface area contributed by atoms with Gasteiger partial charge in [-0.2, -0.15) is 0 Å². The number of anilines is 1. The number of methoxy groups -OCH3 is 1. The average molecular weight is 245 g/mol. The molecule has 0 atom stereocenters. The molecule has 0 bridgehead atoms. The number of hydrogen-bond donors (Lipinski definition) is 0. The summed E-state index contributed by atoms with van der Waals surface area (Å²) in [6, 6.07) is 1.69. The van der Waals surface area contributed by atoms with E-state index in [1.165, 1.54) is 13.3 Å². The minimum atomic E-state index is -0.385. The highest BCUT2D eigenvalue weighted by atomic mass is 79.9. The molecule has 1 rings (SSSR count). The van der Waals surface area contributed by atoms with Gasteiger partial charge in [-0.25, -0.2) is 4.79 Å². The van der Waals surface area contributed by atoms with Crippen LogP contribution >= 0.6 is 16.1 Å². The van der Waals surface area contributed by atoms with Gasteiger partial charge in [-0.1, -0.05) is 0 Å². The molecular formula is C8H9BrN2O2. The number of halogens is 1. The Morgan fingerprint density at radius 2 is 2.31 bits per heavy atom. The van der Waals surface area contributed by atoms with Gasteiger partial charge in [0.2, 0.25) is 0 Å². The summed E-state index contributed by atoms with van der Waals surface area (Å²) >= 11 is 3.23. The van der Waals surface area contributed by atoms with Crippen LogP contribution in [0.1, 0.15) is 10.4 Å². The molecule has 0 radical (unpaired) electrons. The largest absolute Gasteiger partial charge is 0.465 e. The molecular weight excluding hydrogens is 236 g/mol. The van der Waals surface area contributed by atoms with Gasteiger partial charge in [0.05, 0.1) is 24.6 Å². The van der Waals surface area contributed by atoms with E-state index in [0.717, 1.165) is 5.69 Å². The van der Waals surface area contributed by atoms with Crippen LogP contribution < -0.4 is 3.93 Å². The Bertz CT molecular complexity index is 315. The lowest BCUT2D eigenvalue weighted by molar-refractivity contribution is 0.0600. The molecule has 0 aliphatic heterocycles. The zero-order chi connectivity index (χ0) is 9.84. The second-order valence-corrected chi connectivity index (χ2v) is 3.46. The summed E-state index contributed by atoms with van der Waals surface area (Å²) in [4.78, 5) is 15.0. The van der Waals surface area contributed by atoms with Crippen LogP contribution in [0, 0.1) is 0 Å². The first kappa shape index (κ1) is 9.98. The third-order valence-electron chi connectivity index (χ3n) is 1.50. The molecule has 1 heterocycles. The number of rotatable bonds is 2. The summed E-state index contributed by atoms with van der Waals surface area (Å²) in [5, 5.41) is 0. The molecule has 0 aliphatic rings. The lowest BCUT2D eigenvalue weighted by Crippen LogP contribution is -2.05. The van der Waals surface area contributed by atoms with Crippen molar-refractivity contribution in [3.63, 3.8) is 0 Å². The van der Waals surface area contributed by atoms with Gasteiger partial charge in [-0.05, 0) is 6.07 Å². The Morgan fingerprint density at radius 1 is 1.62 bits per heavy atom. The van der Waals surface area contributed by atoms with E-state index < -0.39 is 0 Å². The molecule has 13 heavy (non-hydrogen) atoms. The second kappa shape index (κ2) is 4.23. The highest BCUT2D eigenvalue weighted by Gasteiger charge is 2.07. The molecule has 0 unspecified atom stereocenters. The van der Waals surface area contributed by atoms with Crippen LogP contribution in [0.25, 0.3) is 0 Å². The molecule has 1 aromatic heterocycles. The number of nitrogens with zero attached hydrogens (tertiary/aromatic N) is 2. The average Bonchev–Trinajstić information content (AvgIpc) is 2.17. The van der Waals surface area contributed by atoms with E-state index in [2.05, 4.69) is 25.9 Å². The van der Waals surface area contributed by atoms with Crippen LogP contribution in [-0.2, 0) is 4.74 Å². The van der Waals surface area contributed by atoms with Crippen molar-refractivity contribution in [3.05, 3.63) is 24.0 Å². The van der Waals surface area contributed by atoms with Crippen LogP contribution in [0.3, 0.4) is 0 Å². The van der Waals surface area contributed by atoms with E-state index >= 15 is 0 Å². The molecule has 70 valence electrons. The van der Waals surface area contributed by atoms with Crippen molar-refractivity contribution in [2.45, 2.75) is 0 Å². The Morgan fingerprint density at radius 3 is 2.85 bits per heavy atom. The number of pyridine rings is 1. The van der Waals surface area contributed by atoms with Crippen LogP contribution in [0.4, 0.5) is 5.69 Å². The van der Waals surface area contributed by atoms with Gasteiger partial charge < -0.3 is 8.66 Å². The lowest BCUT2D eigenvalue weighted by Gasteiger charge is -2.09. The van der Waals surface area contributed by atoms with Crippen molar-refractivity contribution in [1.29, 1.82) is 0 Å². The summed E-state index contributed by atoms with van der Waals surface area (Å²) < 4.78 is 6.25. The molecule has 0 N–H and O–H groups in total. The topological polar surface area (TPSA) is 42.4 Å². The first-order chi connectivity index (χ1) is 6.15. The molecule has 1 aromatic rings. The minimum absolute atomic E-state index is 0.385. The third-order valence-corrected chi connectivity index (χ3v) is 1.91.